The van der Waals surface area contributed by atoms with Crippen molar-refractivity contribution in [2.45, 2.75) is 13.0 Å². The summed E-state index contributed by atoms with van der Waals surface area (Å²) >= 11 is 7.38. The van der Waals surface area contributed by atoms with Gasteiger partial charge in [0.15, 0.2) is 5.69 Å². The normalized spacial score (nSPS) is 10.8. The summed E-state index contributed by atoms with van der Waals surface area (Å²) in [5.41, 5.74) is 0.926. The monoisotopic (exact) mass is 315 g/mol. The summed E-state index contributed by atoms with van der Waals surface area (Å²) in [6.45, 7) is 0.989. The van der Waals surface area contributed by atoms with Crippen molar-refractivity contribution in [3.63, 3.8) is 0 Å². The molecule has 2 aromatic rings. The van der Waals surface area contributed by atoms with E-state index in [0.717, 1.165) is 4.88 Å². The number of ether oxygens (including phenoxy) is 2. The first-order valence-electron chi connectivity index (χ1n) is 5.89. The second kappa shape index (κ2) is 6.83. The molecule has 20 heavy (non-hydrogen) atoms. The number of esters is 1. The number of halogens is 1. The van der Waals surface area contributed by atoms with Crippen LogP contribution < -0.4 is 0 Å². The van der Waals surface area contributed by atoms with Gasteiger partial charge in [-0.15, -0.1) is 16.4 Å². The van der Waals surface area contributed by atoms with Crippen LogP contribution in [0.5, 0.6) is 0 Å². The molecule has 0 N–H and O–H groups in total. The van der Waals surface area contributed by atoms with Crippen molar-refractivity contribution in [3.05, 3.63) is 32.7 Å². The minimum absolute atomic E-state index is 0.229. The minimum atomic E-state index is -0.494. The molecule has 0 aliphatic heterocycles. The molecule has 0 bridgehead atoms. The molecule has 6 nitrogen and oxygen atoms in total. The van der Waals surface area contributed by atoms with Crippen LogP contribution in [-0.2, 0) is 22.4 Å². The van der Waals surface area contributed by atoms with Gasteiger partial charge in [0.1, 0.15) is 0 Å². The standard InChI is InChI=1S/C12H14ClN3O3S/c1-18-6-5-9-11(12(17)19-2)14-15-16(9)7-8-3-4-10(13)20-8/h3-4H,5-7H2,1-2H3. The number of nitrogens with zero attached hydrogens (tertiary/aromatic N) is 3. The lowest BCUT2D eigenvalue weighted by Crippen LogP contribution is -2.12. The SMILES string of the molecule is COCCc1c(C(=O)OC)nnn1Cc1ccc(Cl)s1. The van der Waals surface area contributed by atoms with Gasteiger partial charge in [0, 0.05) is 18.4 Å². The molecule has 0 aliphatic rings. The van der Waals surface area contributed by atoms with E-state index in [0.29, 0.717) is 29.6 Å². The first-order valence-corrected chi connectivity index (χ1v) is 7.09. The number of aromatic nitrogens is 3. The van der Waals surface area contributed by atoms with Gasteiger partial charge in [0.25, 0.3) is 0 Å². The molecular weight excluding hydrogens is 302 g/mol. The van der Waals surface area contributed by atoms with Crippen LogP contribution in [0, 0.1) is 0 Å². The number of rotatable bonds is 6. The summed E-state index contributed by atoms with van der Waals surface area (Å²) < 4.78 is 12.2. The van der Waals surface area contributed by atoms with E-state index in [1.54, 1.807) is 11.8 Å². The Morgan fingerprint density at radius 1 is 1.45 bits per heavy atom. The predicted octanol–water partition coefficient (Wildman–Crippen LogP) is 2.02. The van der Waals surface area contributed by atoms with Crippen LogP contribution in [0.15, 0.2) is 12.1 Å². The van der Waals surface area contributed by atoms with Crippen molar-refractivity contribution in [2.24, 2.45) is 0 Å². The highest BCUT2D eigenvalue weighted by atomic mass is 35.5. The molecule has 2 aromatic heterocycles. The Morgan fingerprint density at radius 2 is 2.25 bits per heavy atom. The lowest BCUT2D eigenvalue weighted by molar-refractivity contribution is 0.0592. The second-order valence-electron chi connectivity index (χ2n) is 3.98. The zero-order valence-corrected chi connectivity index (χ0v) is 12.7. The molecule has 108 valence electrons. The van der Waals surface area contributed by atoms with Crippen molar-refractivity contribution in [1.82, 2.24) is 15.0 Å². The Morgan fingerprint density at radius 3 is 2.85 bits per heavy atom. The predicted molar refractivity (Wildman–Crippen MR) is 75.4 cm³/mol. The van der Waals surface area contributed by atoms with Crippen LogP contribution in [0.2, 0.25) is 4.34 Å². The highest BCUT2D eigenvalue weighted by molar-refractivity contribution is 7.16. The second-order valence-corrected chi connectivity index (χ2v) is 5.78. The Labute approximate surface area is 125 Å². The van der Waals surface area contributed by atoms with Gasteiger partial charge in [-0.25, -0.2) is 9.48 Å². The minimum Gasteiger partial charge on any atom is -0.464 e. The molecule has 8 heteroatoms. The fraction of sp³-hybridized carbons (Fsp3) is 0.417. The molecule has 0 aliphatic carbocycles. The van der Waals surface area contributed by atoms with Crippen LogP contribution in [-0.4, -0.2) is 41.8 Å². The number of hydrogen-bond acceptors (Lipinski definition) is 6. The fourth-order valence-corrected chi connectivity index (χ4v) is 2.82. The van der Waals surface area contributed by atoms with Gasteiger partial charge < -0.3 is 9.47 Å². The maximum Gasteiger partial charge on any atom is 0.360 e. The van der Waals surface area contributed by atoms with E-state index in [9.17, 15) is 4.79 Å². The first kappa shape index (κ1) is 15.0. The summed E-state index contributed by atoms with van der Waals surface area (Å²) in [6.07, 6.45) is 0.535. The average molecular weight is 316 g/mol. The van der Waals surface area contributed by atoms with Gasteiger partial charge in [-0.1, -0.05) is 16.8 Å². The average Bonchev–Trinajstić information content (AvgIpc) is 3.03. The highest BCUT2D eigenvalue weighted by Crippen LogP contribution is 2.22. The Hall–Kier alpha value is -1.44. The van der Waals surface area contributed by atoms with Crippen molar-refractivity contribution in [2.75, 3.05) is 20.8 Å². The third kappa shape index (κ3) is 3.36. The van der Waals surface area contributed by atoms with E-state index in [1.807, 2.05) is 12.1 Å². The zero-order valence-electron chi connectivity index (χ0n) is 11.1. The van der Waals surface area contributed by atoms with Crippen LogP contribution >= 0.6 is 22.9 Å². The fourth-order valence-electron chi connectivity index (χ4n) is 1.75. The Balaban J connectivity index is 2.27. The maximum absolute atomic E-state index is 11.7. The van der Waals surface area contributed by atoms with Crippen molar-refractivity contribution < 1.29 is 14.3 Å². The van der Waals surface area contributed by atoms with Gasteiger partial charge >= 0.3 is 5.97 Å². The Kier molecular flexibility index (Phi) is 5.11. The first-order chi connectivity index (χ1) is 9.65. The van der Waals surface area contributed by atoms with E-state index in [1.165, 1.54) is 18.4 Å². The molecule has 0 saturated heterocycles. The van der Waals surface area contributed by atoms with Gasteiger partial charge in [0.2, 0.25) is 0 Å². The number of hydrogen-bond donors (Lipinski definition) is 0. The van der Waals surface area contributed by atoms with Gasteiger partial charge in [0.05, 0.1) is 30.3 Å². The van der Waals surface area contributed by atoms with Gasteiger partial charge in [-0.2, -0.15) is 0 Å². The summed E-state index contributed by atoms with van der Waals surface area (Å²) in [7, 11) is 2.92. The zero-order chi connectivity index (χ0) is 14.5. The van der Waals surface area contributed by atoms with Crippen LogP contribution in [0.1, 0.15) is 21.1 Å². The molecule has 0 unspecified atom stereocenters. The van der Waals surface area contributed by atoms with E-state index >= 15 is 0 Å². The maximum atomic E-state index is 11.7. The van der Waals surface area contributed by atoms with Crippen molar-refractivity contribution >= 4 is 28.9 Å². The number of thiophene rings is 1. The van der Waals surface area contributed by atoms with E-state index < -0.39 is 5.97 Å². The third-order valence-corrected chi connectivity index (χ3v) is 3.91. The highest BCUT2D eigenvalue weighted by Gasteiger charge is 2.20. The summed E-state index contributed by atoms with van der Waals surface area (Å²) in [6, 6.07) is 3.75. The lowest BCUT2D eigenvalue weighted by atomic mass is 10.2. The van der Waals surface area contributed by atoms with E-state index in [2.05, 4.69) is 10.3 Å². The molecule has 0 spiro atoms. The summed E-state index contributed by atoms with van der Waals surface area (Å²) in [5, 5.41) is 7.91. The Bertz CT molecular complexity index is 597. The molecule has 0 radical (unpaired) electrons. The number of carbonyl (C=O) groups is 1. The summed E-state index contributed by atoms with van der Waals surface area (Å²) in [5.74, 6) is -0.494. The molecule has 0 aromatic carbocycles. The van der Waals surface area contributed by atoms with Crippen molar-refractivity contribution in [3.8, 4) is 0 Å². The topological polar surface area (TPSA) is 66.2 Å². The molecule has 0 amide bonds. The van der Waals surface area contributed by atoms with Crippen LogP contribution in [0.25, 0.3) is 0 Å². The molecule has 0 saturated carbocycles. The van der Waals surface area contributed by atoms with E-state index in [4.69, 9.17) is 21.1 Å². The largest absolute Gasteiger partial charge is 0.464 e. The van der Waals surface area contributed by atoms with Crippen LogP contribution in [0.4, 0.5) is 0 Å². The molecule has 0 fully saturated rings. The molecular formula is C12H14ClN3O3S. The van der Waals surface area contributed by atoms with E-state index in [-0.39, 0.29) is 5.69 Å². The summed E-state index contributed by atoms with van der Waals surface area (Å²) in [4.78, 5) is 12.7. The van der Waals surface area contributed by atoms with Gasteiger partial charge in [-0.3, -0.25) is 0 Å². The molecule has 0 atom stereocenters. The number of methoxy groups -OCH3 is 2. The van der Waals surface area contributed by atoms with Crippen molar-refractivity contribution in [1.29, 1.82) is 0 Å². The van der Waals surface area contributed by atoms with Crippen LogP contribution in [0.3, 0.4) is 0 Å². The molecule has 2 rings (SSSR count). The third-order valence-electron chi connectivity index (χ3n) is 2.69. The quantitative estimate of drug-likeness (QED) is 0.763. The van der Waals surface area contributed by atoms with Gasteiger partial charge in [-0.05, 0) is 12.1 Å². The molecule has 2 heterocycles. The smallest absolute Gasteiger partial charge is 0.360 e. The lowest BCUT2D eigenvalue weighted by Gasteiger charge is -2.06. The number of carbonyl (C=O) groups excluding carboxylic acids is 1.